The van der Waals surface area contributed by atoms with Gasteiger partial charge in [-0.2, -0.15) is 0 Å². The second kappa shape index (κ2) is 7.66. The molecule has 5 rings (SSSR count). The number of aromatic nitrogens is 2. The lowest BCUT2D eigenvalue weighted by molar-refractivity contribution is -0.130. The Morgan fingerprint density at radius 3 is 2.61 bits per heavy atom. The first-order chi connectivity index (χ1) is 15.0. The van der Waals surface area contributed by atoms with E-state index in [0.717, 1.165) is 33.1 Å². The number of fused-ring (bicyclic) bond motifs is 3. The number of hydrogen-bond donors (Lipinski definition) is 0. The Hall–Kier alpha value is -2.90. The van der Waals surface area contributed by atoms with Crippen molar-refractivity contribution in [2.24, 2.45) is 0 Å². The second-order valence-corrected chi connectivity index (χ2v) is 9.29. The summed E-state index contributed by atoms with van der Waals surface area (Å²) in [6.45, 7) is 3.13. The normalized spacial score (nSPS) is 14.1. The summed E-state index contributed by atoms with van der Waals surface area (Å²) in [6, 6.07) is 12.7. The Labute approximate surface area is 186 Å². The molecule has 158 valence electrons. The van der Waals surface area contributed by atoms with Gasteiger partial charge in [-0.25, -0.2) is 9.36 Å². The van der Waals surface area contributed by atoms with Crippen LogP contribution in [0.3, 0.4) is 0 Å². The first kappa shape index (κ1) is 20.0. The lowest BCUT2D eigenvalue weighted by Crippen LogP contribution is -2.42. The van der Waals surface area contributed by atoms with E-state index in [2.05, 4.69) is 0 Å². The zero-order valence-corrected chi connectivity index (χ0v) is 18.5. The van der Waals surface area contributed by atoms with Crippen molar-refractivity contribution in [3.8, 4) is 5.69 Å². The summed E-state index contributed by atoms with van der Waals surface area (Å²) in [6.07, 6.45) is 1.94. The molecule has 8 heteroatoms. The van der Waals surface area contributed by atoms with Gasteiger partial charge in [0, 0.05) is 28.2 Å². The highest BCUT2D eigenvalue weighted by atomic mass is 35.5. The van der Waals surface area contributed by atoms with Crippen LogP contribution in [0.5, 0.6) is 0 Å². The molecule has 0 bridgehead atoms. The molecule has 0 saturated carbocycles. The van der Waals surface area contributed by atoms with Crippen molar-refractivity contribution in [1.82, 2.24) is 14.0 Å². The first-order valence-corrected chi connectivity index (χ1v) is 11.4. The Balaban J connectivity index is 1.84. The van der Waals surface area contributed by atoms with Crippen LogP contribution in [-0.2, 0) is 11.3 Å². The van der Waals surface area contributed by atoms with Crippen LogP contribution in [0.25, 0.3) is 26.0 Å². The van der Waals surface area contributed by atoms with Gasteiger partial charge in [0.25, 0.3) is 5.56 Å². The summed E-state index contributed by atoms with van der Waals surface area (Å²) in [5, 5.41) is 1.24. The van der Waals surface area contributed by atoms with E-state index in [1.165, 1.54) is 15.9 Å². The first-order valence-electron chi connectivity index (χ1n) is 10.2. The second-order valence-electron chi connectivity index (χ2n) is 7.80. The largest absolute Gasteiger partial charge is 0.341 e. The molecular formula is C23H20ClN3O3S. The number of aryl methyl sites for hydroxylation is 1. The van der Waals surface area contributed by atoms with Crippen molar-refractivity contribution in [2.75, 3.05) is 13.1 Å². The number of nitrogens with zero attached hydrogens (tertiary/aromatic N) is 3. The summed E-state index contributed by atoms with van der Waals surface area (Å²) < 4.78 is 3.96. The molecule has 0 atom stereocenters. The van der Waals surface area contributed by atoms with Crippen molar-refractivity contribution < 1.29 is 4.79 Å². The van der Waals surface area contributed by atoms with E-state index in [1.807, 2.05) is 31.2 Å². The third-order valence-electron chi connectivity index (χ3n) is 5.82. The molecule has 0 unspecified atom stereocenters. The van der Waals surface area contributed by atoms with Crippen LogP contribution in [0, 0.1) is 6.92 Å². The van der Waals surface area contributed by atoms with Crippen molar-refractivity contribution >= 4 is 49.1 Å². The number of thiophene rings is 1. The van der Waals surface area contributed by atoms with Gasteiger partial charge in [0.15, 0.2) is 0 Å². The Bertz CT molecular complexity index is 1460. The van der Waals surface area contributed by atoms with Gasteiger partial charge in [-0.15, -0.1) is 11.3 Å². The van der Waals surface area contributed by atoms with Crippen LogP contribution in [0.4, 0.5) is 0 Å². The molecule has 0 N–H and O–H groups in total. The summed E-state index contributed by atoms with van der Waals surface area (Å²) in [4.78, 5) is 41.9. The third kappa shape index (κ3) is 3.28. The lowest BCUT2D eigenvalue weighted by Gasteiger charge is -2.18. The lowest BCUT2D eigenvalue weighted by atomic mass is 10.2. The van der Waals surface area contributed by atoms with Gasteiger partial charge < -0.3 is 4.90 Å². The predicted octanol–water partition coefficient (Wildman–Crippen LogP) is 3.95. The number of rotatable bonds is 3. The summed E-state index contributed by atoms with van der Waals surface area (Å²) in [5.41, 5.74) is 0.792. The van der Waals surface area contributed by atoms with Gasteiger partial charge in [-0.3, -0.25) is 14.2 Å². The van der Waals surface area contributed by atoms with E-state index < -0.39 is 11.2 Å². The van der Waals surface area contributed by atoms with Gasteiger partial charge in [-0.05, 0) is 43.5 Å². The van der Waals surface area contributed by atoms with Crippen molar-refractivity contribution in [2.45, 2.75) is 26.3 Å². The molecule has 1 aliphatic rings. The molecule has 0 radical (unpaired) electrons. The molecule has 2 aromatic carbocycles. The van der Waals surface area contributed by atoms with E-state index >= 15 is 0 Å². The molecule has 31 heavy (non-hydrogen) atoms. The zero-order chi connectivity index (χ0) is 21.7. The minimum Gasteiger partial charge on any atom is -0.341 e. The Kier molecular flexibility index (Phi) is 4.95. The van der Waals surface area contributed by atoms with Crippen LogP contribution >= 0.6 is 22.9 Å². The minimum absolute atomic E-state index is 0.101. The number of likely N-dealkylation sites (tertiary alicyclic amines) is 1. The number of benzene rings is 2. The predicted molar refractivity (Wildman–Crippen MR) is 125 cm³/mol. The van der Waals surface area contributed by atoms with Gasteiger partial charge in [-0.1, -0.05) is 35.9 Å². The number of amides is 1. The quantitative estimate of drug-likeness (QED) is 0.471. The maximum atomic E-state index is 13.7. The average Bonchev–Trinajstić information content (AvgIpc) is 3.42. The van der Waals surface area contributed by atoms with Crippen molar-refractivity contribution in [3.63, 3.8) is 0 Å². The molecule has 4 aromatic rings. The fraction of sp³-hybridized carbons (Fsp3) is 0.261. The standard InChI is InChI=1S/C23H20ClN3O3S/c1-14-8-9-15(24)12-17(14)27-22(29)21-20(16-6-2-3-7-18(16)31-21)26(23(27)30)13-19(28)25-10-4-5-11-25/h2-3,6-9,12H,4-5,10-11,13H2,1H3. The molecule has 6 nitrogen and oxygen atoms in total. The maximum Gasteiger partial charge on any atom is 0.336 e. The number of hydrogen-bond acceptors (Lipinski definition) is 4. The fourth-order valence-electron chi connectivity index (χ4n) is 4.23. The molecule has 1 aliphatic heterocycles. The average molecular weight is 454 g/mol. The van der Waals surface area contributed by atoms with E-state index in [-0.39, 0.29) is 12.5 Å². The summed E-state index contributed by atoms with van der Waals surface area (Å²) in [7, 11) is 0. The number of carbonyl (C=O) groups excluding carboxylic acids is 1. The third-order valence-corrected chi connectivity index (χ3v) is 7.21. The van der Waals surface area contributed by atoms with Crippen LogP contribution in [-0.4, -0.2) is 33.0 Å². The van der Waals surface area contributed by atoms with E-state index in [1.54, 1.807) is 23.1 Å². The summed E-state index contributed by atoms with van der Waals surface area (Å²) in [5.74, 6) is -0.107. The fourth-order valence-corrected chi connectivity index (χ4v) is 5.54. The Morgan fingerprint density at radius 2 is 1.84 bits per heavy atom. The van der Waals surface area contributed by atoms with E-state index in [0.29, 0.717) is 34.0 Å². The monoisotopic (exact) mass is 453 g/mol. The smallest absolute Gasteiger partial charge is 0.336 e. The molecule has 2 aromatic heterocycles. The van der Waals surface area contributed by atoms with Crippen molar-refractivity contribution in [3.05, 3.63) is 73.9 Å². The van der Waals surface area contributed by atoms with Crippen LogP contribution in [0.2, 0.25) is 5.02 Å². The van der Waals surface area contributed by atoms with Crippen LogP contribution in [0.15, 0.2) is 52.1 Å². The van der Waals surface area contributed by atoms with Crippen molar-refractivity contribution in [1.29, 1.82) is 0 Å². The van der Waals surface area contributed by atoms with Crippen LogP contribution in [0.1, 0.15) is 18.4 Å². The molecule has 1 amide bonds. The SMILES string of the molecule is Cc1ccc(Cl)cc1-n1c(=O)c2sc3ccccc3c2n(CC(=O)N2CCCC2)c1=O. The van der Waals surface area contributed by atoms with E-state index in [9.17, 15) is 14.4 Å². The van der Waals surface area contributed by atoms with Gasteiger partial charge in [0.2, 0.25) is 5.91 Å². The molecular weight excluding hydrogens is 434 g/mol. The number of carbonyl (C=O) groups is 1. The van der Waals surface area contributed by atoms with Gasteiger partial charge in [0.1, 0.15) is 11.2 Å². The highest BCUT2D eigenvalue weighted by molar-refractivity contribution is 7.25. The highest BCUT2D eigenvalue weighted by Gasteiger charge is 2.24. The molecule has 1 saturated heterocycles. The topological polar surface area (TPSA) is 64.3 Å². The molecule has 1 fully saturated rings. The van der Waals surface area contributed by atoms with Crippen LogP contribution < -0.4 is 11.2 Å². The Morgan fingerprint density at radius 1 is 1.10 bits per heavy atom. The highest BCUT2D eigenvalue weighted by Crippen LogP contribution is 2.31. The number of halogens is 1. The minimum atomic E-state index is -0.529. The van der Waals surface area contributed by atoms with Gasteiger partial charge in [0.05, 0.1) is 11.2 Å². The van der Waals surface area contributed by atoms with Gasteiger partial charge >= 0.3 is 5.69 Å². The van der Waals surface area contributed by atoms with E-state index in [4.69, 9.17) is 11.6 Å². The molecule has 0 aliphatic carbocycles. The molecule has 0 spiro atoms. The molecule has 3 heterocycles. The summed E-state index contributed by atoms with van der Waals surface area (Å²) >= 11 is 7.52. The zero-order valence-electron chi connectivity index (χ0n) is 16.9. The maximum absolute atomic E-state index is 13.7.